The van der Waals surface area contributed by atoms with E-state index in [-0.39, 0.29) is 11.7 Å². The minimum Gasteiger partial charge on any atom is -0.438 e. The van der Waals surface area contributed by atoms with Crippen molar-refractivity contribution in [3.63, 3.8) is 0 Å². The SMILES string of the molecule is O=C(c1cccnc1)N1CCc2nc(N3CCCC3)nc(Oc3ccc(F)cc3)c2C1. The van der Waals surface area contributed by atoms with E-state index in [9.17, 15) is 9.18 Å². The number of aromatic nitrogens is 3. The molecule has 0 spiro atoms. The summed E-state index contributed by atoms with van der Waals surface area (Å²) in [5.74, 6) is 1.14. The molecule has 7 nitrogen and oxygen atoms in total. The van der Waals surface area contributed by atoms with E-state index in [0.717, 1.165) is 37.2 Å². The molecule has 2 aromatic heterocycles. The molecular formula is C23H22FN5O2. The van der Waals surface area contributed by atoms with Crippen molar-refractivity contribution in [1.82, 2.24) is 19.9 Å². The highest BCUT2D eigenvalue weighted by atomic mass is 19.1. The predicted molar refractivity (Wildman–Crippen MR) is 113 cm³/mol. The van der Waals surface area contributed by atoms with E-state index in [1.807, 2.05) is 0 Å². The van der Waals surface area contributed by atoms with Gasteiger partial charge >= 0.3 is 0 Å². The maximum Gasteiger partial charge on any atom is 0.255 e. The Balaban J connectivity index is 1.48. The number of amides is 1. The summed E-state index contributed by atoms with van der Waals surface area (Å²) in [6.45, 7) is 2.74. The third-order valence-electron chi connectivity index (χ3n) is 5.62. The normalized spacial score (nSPS) is 15.6. The average molecular weight is 419 g/mol. The fourth-order valence-corrected chi connectivity index (χ4v) is 3.97. The van der Waals surface area contributed by atoms with Gasteiger partial charge < -0.3 is 14.5 Å². The molecule has 1 saturated heterocycles. The fourth-order valence-electron chi connectivity index (χ4n) is 3.97. The van der Waals surface area contributed by atoms with E-state index < -0.39 is 0 Å². The molecule has 4 heterocycles. The van der Waals surface area contributed by atoms with Crippen molar-refractivity contribution in [3.8, 4) is 11.6 Å². The number of carbonyl (C=O) groups is 1. The van der Waals surface area contributed by atoms with Crippen LogP contribution in [0.5, 0.6) is 11.6 Å². The first-order valence-corrected chi connectivity index (χ1v) is 10.4. The van der Waals surface area contributed by atoms with Gasteiger partial charge in [-0.05, 0) is 49.2 Å². The number of hydrogen-bond donors (Lipinski definition) is 0. The number of fused-ring (bicyclic) bond motifs is 1. The van der Waals surface area contributed by atoms with Crippen molar-refractivity contribution in [1.29, 1.82) is 0 Å². The number of rotatable bonds is 4. The van der Waals surface area contributed by atoms with Gasteiger partial charge in [-0.2, -0.15) is 4.98 Å². The summed E-state index contributed by atoms with van der Waals surface area (Å²) >= 11 is 0. The molecule has 0 N–H and O–H groups in total. The Hall–Kier alpha value is -3.55. The van der Waals surface area contributed by atoms with Crippen molar-refractivity contribution in [2.24, 2.45) is 0 Å². The summed E-state index contributed by atoms with van der Waals surface area (Å²) in [6, 6.07) is 9.35. The molecule has 2 aliphatic rings. The number of halogens is 1. The van der Waals surface area contributed by atoms with Crippen LogP contribution in [0, 0.1) is 5.82 Å². The summed E-state index contributed by atoms with van der Waals surface area (Å²) < 4.78 is 19.4. The van der Waals surface area contributed by atoms with Gasteiger partial charge in [0.1, 0.15) is 11.6 Å². The summed E-state index contributed by atoms with van der Waals surface area (Å²) in [5, 5.41) is 0. The molecule has 8 heteroatoms. The second-order valence-corrected chi connectivity index (χ2v) is 7.72. The van der Waals surface area contributed by atoms with Crippen molar-refractivity contribution in [2.75, 3.05) is 24.5 Å². The molecule has 1 fully saturated rings. The van der Waals surface area contributed by atoms with E-state index in [0.29, 0.717) is 42.7 Å². The maximum atomic E-state index is 13.3. The third kappa shape index (κ3) is 4.05. The van der Waals surface area contributed by atoms with Crippen LogP contribution in [-0.4, -0.2) is 45.4 Å². The molecule has 1 aromatic carbocycles. The summed E-state index contributed by atoms with van der Waals surface area (Å²) in [4.78, 5) is 30.4. The van der Waals surface area contributed by atoms with Gasteiger partial charge in [-0.25, -0.2) is 9.37 Å². The van der Waals surface area contributed by atoms with Crippen molar-refractivity contribution in [2.45, 2.75) is 25.8 Å². The van der Waals surface area contributed by atoms with Crippen LogP contribution in [0.1, 0.15) is 34.5 Å². The second kappa shape index (κ2) is 8.29. The standard InChI is InChI=1S/C23H22FN5O2/c24-17-5-7-18(8-6-17)31-21-19-15-29(22(30)16-4-3-10-25-14-16)13-9-20(19)26-23(27-21)28-11-1-2-12-28/h3-8,10,14H,1-2,9,11-13,15H2. The number of nitrogens with zero attached hydrogens (tertiary/aromatic N) is 5. The molecule has 158 valence electrons. The van der Waals surface area contributed by atoms with Crippen LogP contribution in [0.3, 0.4) is 0 Å². The Morgan fingerprint density at radius 2 is 1.84 bits per heavy atom. The van der Waals surface area contributed by atoms with Gasteiger partial charge in [-0.1, -0.05) is 0 Å². The van der Waals surface area contributed by atoms with Crippen LogP contribution >= 0.6 is 0 Å². The molecule has 0 saturated carbocycles. The molecule has 0 aliphatic carbocycles. The molecule has 0 bridgehead atoms. The smallest absolute Gasteiger partial charge is 0.255 e. The Morgan fingerprint density at radius 3 is 2.58 bits per heavy atom. The Bertz CT molecular complexity index is 1090. The van der Waals surface area contributed by atoms with Crippen molar-refractivity contribution >= 4 is 11.9 Å². The van der Waals surface area contributed by atoms with Crippen LogP contribution in [-0.2, 0) is 13.0 Å². The lowest BCUT2D eigenvalue weighted by Gasteiger charge is -2.30. The van der Waals surface area contributed by atoms with Gasteiger partial charge in [0.2, 0.25) is 11.8 Å². The van der Waals surface area contributed by atoms with Crippen molar-refractivity contribution < 1.29 is 13.9 Å². The summed E-state index contributed by atoms with van der Waals surface area (Å²) in [5.41, 5.74) is 2.22. The zero-order valence-electron chi connectivity index (χ0n) is 17.0. The van der Waals surface area contributed by atoms with Crippen LogP contribution < -0.4 is 9.64 Å². The van der Waals surface area contributed by atoms with Gasteiger partial charge in [0.25, 0.3) is 5.91 Å². The zero-order valence-corrected chi connectivity index (χ0v) is 17.0. The number of carbonyl (C=O) groups excluding carboxylic acids is 1. The van der Waals surface area contributed by atoms with Gasteiger partial charge in [0.05, 0.1) is 23.4 Å². The number of anilines is 1. The van der Waals surface area contributed by atoms with E-state index in [4.69, 9.17) is 14.7 Å². The first-order valence-electron chi connectivity index (χ1n) is 10.4. The minimum absolute atomic E-state index is 0.0879. The van der Waals surface area contributed by atoms with Crippen molar-refractivity contribution in [3.05, 3.63) is 71.4 Å². The third-order valence-corrected chi connectivity index (χ3v) is 5.62. The van der Waals surface area contributed by atoms with E-state index in [2.05, 4.69) is 9.88 Å². The molecule has 0 unspecified atom stereocenters. The van der Waals surface area contributed by atoms with Crippen LogP contribution in [0.2, 0.25) is 0 Å². The molecule has 1 amide bonds. The highest BCUT2D eigenvalue weighted by molar-refractivity contribution is 5.94. The second-order valence-electron chi connectivity index (χ2n) is 7.72. The van der Waals surface area contributed by atoms with E-state index in [1.54, 1.807) is 41.6 Å². The lowest BCUT2D eigenvalue weighted by atomic mass is 10.1. The molecule has 31 heavy (non-hydrogen) atoms. The van der Waals surface area contributed by atoms with Gasteiger partial charge in [0.15, 0.2) is 0 Å². The Labute approximate surface area is 179 Å². The number of hydrogen-bond acceptors (Lipinski definition) is 6. The molecule has 5 rings (SSSR count). The zero-order chi connectivity index (χ0) is 21.2. The van der Waals surface area contributed by atoms with Crippen LogP contribution in [0.4, 0.5) is 10.3 Å². The lowest BCUT2D eigenvalue weighted by Crippen LogP contribution is -2.37. The number of pyridine rings is 1. The van der Waals surface area contributed by atoms with Gasteiger partial charge in [-0.15, -0.1) is 0 Å². The lowest BCUT2D eigenvalue weighted by molar-refractivity contribution is 0.0731. The largest absolute Gasteiger partial charge is 0.438 e. The highest BCUT2D eigenvalue weighted by Crippen LogP contribution is 2.32. The first kappa shape index (κ1) is 19.4. The molecule has 0 atom stereocenters. The molecule has 0 radical (unpaired) electrons. The monoisotopic (exact) mass is 419 g/mol. The summed E-state index contributed by atoms with van der Waals surface area (Å²) in [6.07, 6.45) is 6.06. The van der Waals surface area contributed by atoms with E-state index in [1.165, 1.54) is 12.1 Å². The van der Waals surface area contributed by atoms with E-state index >= 15 is 0 Å². The maximum absolute atomic E-state index is 13.3. The average Bonchev–Trinajstić information content (AvgIpc) is 3.35. The number of ether oxygens (including phenoxy) is 1. The fraction of sp³-hybridized carbons (Fsp3) is 0.304. The molecular weight excluding hydrogens is 397 g/mol. The van der Waals surface area contributed by atoms with Gasteiger partial charge in [-0.3, -0.25) is 9.78 Å². The minimum atomic E-state index is -0.330. The van der Waals surface area contributed by atoms with Crippen LogP contribution in [0.15, 0.2) is 48.8 Å². The first-order chi connectivity index (χ1) is 15.2. The predicted octanol–water partition coefficient (Wildman–Crippen LogP) is 3.60. The quantitative estimate of drug-likeness (QED) is 0.644. The van der Waals surface area contributed by atoms with Crippen LogP contribution in [0.25, 0.3) is 0 Å². The molecule has 2 aliphatic heterocycles. The van der Waals surface area contributed by atoms with Gasteiger partial charge in [0, 0.05) is 38.4 Å². The Kier molecular flexibility index (Phi) is 5.19. The molecule has 3 aromatic rings. The Morgan fingerprint density at radius 1 is 1.03 bits per heavy atom. The number of benzene rings is 1. The summed E-state index contributed by atoms with van der Waals surface area (Å²) in [7, 11) is 0. The highest BCUT2D eigenvalue weighted by Gasteiger charge is 2.29. The topological polar surface area (TPSA) is 71.5 Å².